The minimum absolute atomic E-state index is 0.0623. The zero-order valence-electron chi connectivity index (χ0n) is 23.1. The number of aliphatic hydroxyl groups is 1. The van der Waals surface area contributed by atoms with Gasteiger partial charge in [0.2, 0.25) is 0 Å². The maximum absolute atomic E-state index is 9.15. The van der Waals surface area contributed by atoms with E-state index in [0.29, 0.717) is 18.4 Å². The molecule has 0 bridgehead atoms. The Morgan fingerprint density at radius 1 is 0.919 bits per heavy atom. The van der Waals surface area contributed by atoms with E-state index in [1.165, 1.54) is 57.8 Å². The van der Waals surface area contributed by atoms with Gasteiger partial charge in [-0.15, -0.1) is 0 Å². The molecule has 5 heteroatoms. The summed E-state index contributed by atoms with van der Waals surface area (Å²) < 4.78 is 25.7. The average molecular weight is 517 g/mol. The van der Waals surface area contributed by atoms with Gasteiger partial charge in [0.25, 0.3) is 0 Å². The molecule has 5 aliphatic rings. The summed E-state index contributed by atoms with van der Waals surface area (Å²) in [6.45, 7) is 1.94. The molecule has 37 heavy (non-hydrogen) atoms. The number of hydrogen-bond acceptors (Lipinski definition) is 5. The van der Waals surface area contributed by atoms with Gasteiger partial charge in [-0.25, -0.2) is 0 Å². The third kappa shape index (κ3) is 7.84. The van der Waals surface area contributed by atoms with Gasteiger partial charge in [-0.05, 0) is 101 Å². The number of rotatable bonds is 13. The molecule has 0 spiro atoms. The summed E-state index contributed by atoms with van der Waals surface area (Å²) in [5, 5.41) is 9.15. The lowest BCUT2D eigenvalue weighted by atomic mass is 9.86. The molecule has 0 aromatic heterocycles. The van der Waals surface area contributed by atoms with E-state index in [1.54, 1.807) is 5.57 Å². The van der Waals surface area contributed by atoms with Crippen LogP contribution in [0.3, 0.4) is 0 Å². The van der Waals surface area contributed by atoms with Crippen LogP contribution in [0.2, 0.25) is 0 Å². The number of unbranched alkanes of at least 4 members (excludes halogenated alkanes) is 2. The smallest absolute Gasteiger partial charge is 0.199 e. The Hall–Kier alpha value is -0.880. The minimum atomic E-state index is -0.107. The first-order chi connectivity index (χ1) is 18.3. The van der Waals surface area contributed by atoms with Gasteiger partial charge in [0.1, 0.15) is 5.76 Å². The highest BCUT2D eigenvalue weighted by Crippen LogP contribution is 2.52. The van der Waals surface area contributed by atoms with Crippen LogP contribution < -0.4 is 0 Å². The summed E-state index contributed by atoms with van der Waals surface area (Å²) >= 11 is 0. The number of aliphatic hydroxyl groups excluding tert-OH is 1. The second kappa shape index (κ2) is 14.5. The predicted molar refractivity (Wildman–Crippen MR) is 146 cm³/mol. The van der Waals surface area contributed by atoms with E-state index in [4.69, 9.17) is 24.1 Å². The first-order valence-electron chi connectivity index (χ1n) is 15.9. The van der Waals surface area contributed by atoms with Crippen molar-refractivity contribution >= 4 is 0 Å². The van der Waals surface area contributed by atoms with Crippen LogP contribution in [0.4, 0.5) is 0 Å². The average Bonchev–Trinajstić information content (AvgIpc) is 3.64. The predicted octanol–water partition coefficient (Wildman–Crippen LogP) is 7.43. The van der Waals surface area contributed by atoms with Crippen LogP contribution >= 0.6 is 0 Å². The number of ether oxygens (including phenoxy) is 4. The molecular weight excluding hydrogens is 464 g/mol. The van der Waals surface area contributed by atoms with E-state index >= 15 is 0 Å². The Bertz CT molecular complexity index is 729. The SMILES string of the molecule is OCCCCCC1=C[C@@H]2C[C@H](OC3CCCCO3)[C@@H](C(=CCCC3CCCC3)OC3CCCCO3)[C@@H]2C1. The molecule has 6 atom stereocenters. The minimum Gasteiger partial charge on any atom is -0.469 e. The second-order valence-corrected chi connectivity index (χ2v) is 12.4. The monoisotopic (exact) mass is 516 g/mol. The van der Waals surface area contributed by atoms with Crippen molar-refractivity contribution in [1.82, 2.24) is 0 Å². The summed E-state index contributed by atoms with van der Waals surface area (Å²) in [5.74, 6) is 3.47. The summed E-state index contributed by atoms with van der Waals surface area (Å²) in [4.78, 5) is 0. The first-order valence-corrected chi connectivity index (χ1v) is 15.9. The van der Waals surface area contributed by atoms with Crippen molar-refractivity contribution in [3.63, 3.8) is 0 Å². The molecule has 2 heterocycles. The fourth-order valence-corrected chi connectivity index (χ4v) is 7.63. The van der Waals surface area contributed by atoms with Crippen molar-refractivity contribution in [2.75, 3.05) is 19.8 Å². The van der Waals surface area contributed by atoms with E-state index in [9.17, 15) is 0 Å². The van der Waals surface area contributed by atoms with Crippen molar-refractivity contribution in [2.45, 2.75) is 134 Å². The first kappa shape index (κ1) is 27.7. The van der Waals surface area contributed by atoms with Gasteiger partial charge in [-0.3, -0.25) is 0 Å². The van der Waals surface area contributed by atoms with Crippen molar-refractivity contribution in [2.24, 2.45) is 23.7 Å². The number of allylic oxidation sites excluding steroid dienone is 3. The Morgan fingerprint density at radius 3 is 2.41 bits per heavy atom. The number of fused-ring (bicyclic) bond motifs is 1. The Labute approximate surface area is 225 Å². The van der Waals surface area contributed by atoms with E-state index in [2.05, 4.69) is 12.2 Å². The molecule has 4 fully saturated rings. The van der Waals surface area contributed by atoms with Gasteiger partial charge < -0.3 is 24.1 Å². The molecule has 2 saturated heterocycles. The molecule has 210 valence electrons. The zero-order valence-corrected chi connectivity index (χ0v) is 23.1. The maximum atomic E-state index is 9.15. The van der Waals surface area contributed by atoms with Crippen LogP contribution in [0.15, 0.2) is 23.5 Å². The maximum Gasteiger partial charge on any atom is 0.199 e. The van der Waals surface area contributed by atoms with Crippen LogP contribution in [0.25, 0.3) is 0 Å². The normalized spacial score (nSPS) is 35.1. The molecule has 1 N–H and O–H groups in total. The third-order valence-corrected chi connectivity index (χ3v) is 9.61. The van der Waals surface area contributed by atoms with Crippen LogP contribution in [0.5, 0.6) is 0 Å². The van der Waals surface area contributed by atoms with E-state index in [-0.39, 0.29) is 24.6 Å². The molecule has 0 amide bonds. The largest absolute Gasteiger partial charge is 0.469 e. The molecule has 2 unspecified atom stereocenters. The highest BCUT2D eigenvalue weighted by Gasteiger charge is 2.49. The van der Waals surface area contributed by atoms with Crippen LogP contribution in [0, 0.1) is 23.7 Å². The highest BCUT2D eigenvalue weighted by atomic mass is 16.7. The van der Waals surface area contributed by atoms with Crippen molar-refractivity contribution in [1.29, 1.82) is 0 Å². The van der Waals surface area contributed by atoms with Gasteiger partial charge in [-0.2, -0.15) is 0 Å². The quantitative estimate of drug-likeness (QED) is 0.157. The molecule has 3 aliphatic carbocycles. The third-order valence-electron chi connectivity index (χ3n) is 9.61. The summed E-state index contributed by atoms with van der Waals surface area (Å²) in [6.07, 6.45) is 26.3. The molecular formula is C32H52O5. The summed E-state index contributed by atoms with van der Waals surface area (Å²) in [6, 6.07) is 0. The molecule has 2 aliphatic heterocycles. The molecule has 0 aromatic carbocycles. The molecule has 5 nitrogen and oxygen atoms in total. The molecule has 5 rings (SSSR count). The Morgan fingerprint density at radius 2 is 1.68 bits per heavy atom. The topological polar surface area (TPSA) is 57.2 Å². The molecule has 2 saturated carbocycles. The van der Waals surface area contributed by atoms with Gasteiger partial charge in [0.05, 0.1) is 12.7 Å². The second-order valence-electron chi connectivity index (χ2n) is 12.4. The Balaban J connectivity index is 1.31. The van der Waals surface area contributed by atoms with E-state index in [0.717, 1.165) is 82.7 Å². The molecule has 0 aromatic rings. The van der Waals surface area contributed by atoms with Gasteiger partial charge in [0.15, 0.2) is 12.6 Å². The van der Waals surface area contributed by atoms with E-state index in [1.807, 2.05) is 0 Å². The fourth-order valence-electron chi connectivity index (χ4n) is 7.63. The summed E-state index contributed by atoms with van der Waals surface area (Å²) in [5.41, 5.74) is 1.62. The van der Waals surface area contributed by atoms with Gasteiger partial charge in [0, 0.05) is 25.6 Å². The van der Waals surface area contributed by atoms with Gasteiger partial charge >= 0.3 is 0 Å². The Kier molecular flexibility index (Phi) is 10.8. The van der Waals surface area contributed by atoms with Crippen molar-refractivity contribution < 1.29 is 24.1 Å². The summed E-state index contributed by atoms with van der Waals surface area (Å²) in [7, 11) is 0. The lowest BCUT2D eigenvalue weighted by Crippen LogP contribution is -2.34. The highest BCUT2D eigenvalue weighted by molar-refractivity contribution is 5.23. The van der Waals surface area contributed by atoms with Crippen molar-refractivity contribution in [3.8, 4) is 0 Å². The van der Waals surface area contributed by atoms with Gasteiger partial charge in [-0.1, -0.05) is 43.8 Å². The number of hydrogen-bond donors (Lipinski definition) is 1. The fraction of sp³-hybridized carbons (Fsp3) is 0.875. The van der Waals surface area contributed by atoms with Crippen LogP contribution in [0.1, 0.15) is 116 Å². The van der Waals surface area contributed by atoms with E-state index < -0.39 is 0 Å². The van der Waals surface area contributed by atoms with Crippen molar-refractivity contribution in [3.05, 3.63) is 23.5 Å². The zero-order chi connectivity index (χ0) is 25.3. The molecule has 0 radical (unpaired) electrons. The standard InChI is InChI=1S/C32H52O5/c33-18-7-1-2-13-25-21-26-23-29(37-31-17-6-9-20-35-31)32(27(26)22-25)28(36-30-16-5-8-19-34-30)15-10-14-24-11-3-4-12-24/h15,21,24,26-27,29-33H,1-14,16-20,22-23H2/t26-,27-,29+,30?,31?,32-/m1/s1. The lowest BCUT2D eigenvalue weighted by molar-refractivity contribution is -0.200. The van der Waals surface area contributed by atoms with Crippen LogP contribution in [-0.4, -0.2) is 43.6 Å². The van der Waals surface area contributed by atoms with Crippen LogP contribution in [-0.2, 0) is 18.9 Å². The lowest BCUT2D eigenvalue weighted by Gasteiger charge is -2.34.